The zero-order valence-corrected chi connectivity index (χ0v) is 9.14. The van der Waals surface area contributed by atoms with Crippen LogP contribution >= 0.6 is 0 Å². The summed E-state index contributed by atoms with van der Waals surface area (Å²) in [7, 11) is 0. The summed E-state index contributed by atoms with van der Waals surface area (Å²) >= 11 is 0. The Morgan fingerprint density at radius 2 is 1.14 bits per heavy atom. The fourth-order valence-corrected chi connectivity index (χ4v) is 1.24. The van der Waals surface area contributed by atoms with Gasteiger partial charge in [-0.1, -0.05) is 13.8 Å². The average molecular weight is 192 g/mol. The molecule has 14 heavy (non-hydrogen) atoms. The van der Waals surface area contributed by atoms with E-state index in [-0.39, 0.29) is 0 Å². The smallest absolute Gasteiger partial charge is 0.0341 e. The van der Waals surface area contributed by atoms with Gasteiger partial charge in [0.1, 0.15) is 0 Å². The van der Waals surface area contributed by atoms with E-state index in [0.29, 0.717) is 0 Å². The highest BCUT2D eigenvalue weighted by Gasteiger charge is 1.91. The summed E-state index contributed by atoms with van der Waals surface area (Å²) in [6.07, 6.45) is 2.33. The highest BCUT2D eigenvalue weighted by Crippen LogP contribution is 2.13. The van der Waals surface area contributed by atoms with Crippen molar-refractivity contribution in [1.82, 2.24) is 0 Å². The molecule has 0 atom stereocenters. The van der Waals surface area contributed by atoms with Gasteiger partial charge in [0.25, 0.3) is 0 Å². The maximum absolute atomic E-state index is 3.35. The number of rotatable bonds is 6. The van der Waals surface area contributed by atoms with Crippen LogP contribution in [0.5, 0.6) is 0 Å². The Morgan fingerprint density at radius 3 is 1.43 bits per heavy atom. The van der Waals surface area contributed by atoms with Crippen molar-refractivity contribution >= 4 is 11.4 Å². The monoisotopic (exact) mass is 192 g/mol. The largest absolute Gasteiger partial charge is 0.385 e. The molecule has 0 aromatic heterocycles. The first-order valence-corrected chi connectivity index (χ1v) is 5.44. The summed E-state index contributed by atoms with van der Waals surface area (Å²) in [5.74, 6) is 0. The summed E-state index contributed by atoms with van der Waals surface area (Å²) in [4.78, 5) is 0. The van der Waals surface area contributed by atoms with Gasteiger partial charge in [0, 0.05) is 24.5 Å². The average Bonchev–Trinajstić information content (AvgIpc) is 2.25. The molecule has 0 bridgehead atoms. The molecule has 1 rings (SSSR count). The van der Waals surface area contributed by atoms with Crippen molar-refractivity contribution in [3.05, 3.63) is 24.3 Å². The molecule has 0 spiro atoms. The van der Waals surface area contributed by atoms with E-state index in [0.717, 1.165) is 25.9 Å². The third-order valence-electron chi connectivity index (χ3n) is 2.04. The Morgan fingerprint density at radius 1 is 0.786 bits per heavy atom. The molecule has 0 radical (unpaired) electrons. The maximum atomic E-state index is 3.35. The van der Waals surface area contributed by atoms with E-state index in [4.69, 9.17) is 0 Å². The van der Waals surface area contributed by atoms with Crippen LogP contribution in [0.25, 0.3) is 0 Å². The van der Waals surface area contributed by atoms with E-state index in [1.54, 1.807) is 0 Å². The van der Waals surface area contributed by atoms with E-state index in [1.165, 1.54) is 11.4 Å². The number of nitrogens with one attached hydrogen (secondary N) is 2. The molecule has 78 valence electrons. The van der Waals surface area contributed by atoms with Crippen LogP contribution in [0, 0.1) is 0 Å². The molecule has 0 unspecified atom stereocenters. The molecule has 0 heterocycles. The van der Waals surface area contributed by atoms with Gasteiger partial charge in [0.15, 0.2) is 0 Å². The van der Waals surface area contributed by atoms with Crippen LogP contribution in [0.1, 0.15) is 26.7 Å². The standard InChI is InChI=1S/C12H20N2/c1-3-9-13-11-5-7-12(8-6-11)14-10-4-2/h5-8,13-14H,3-4,9-10H2,1-2H3. The summed E-state index contributed by atoms with van der Waals surface area (Å²) in [6, 6.07) is 8.47. The molecular weight excluding hydrogens is 172 g/mol. The molecule has 0 fully saturated rings. The lowest BCUT2D eigenvalue weighted by atomic mass is 10.2. The Kier molecular flexibility index (Phi) is 4.90. The molecule has 0 saturated carbocycles. The van der Waals surface area contributed by atoms with Gasteiger partial charge < -0.3 is 10.6 Å². The predicted molar refractivity (Wildman–Crippen MR) is 64.0 cm³/mol. The Bertz CT molecular complexity index is 214. The minimum absolute atomic E-state index is 1.04. The van der Waals surface area contributed by atoms with Gasteiger partial charge >= 0.3 is 0 Å². The molecule has 0 amide bonds. The van der Waals surface area contributed by atoms with Gasteiger partial charge in [-0.2, -0.15) is 0 Å². The summed E-state index contributed by atoms with van der Waals surface area (Å²) in [5.41, 5.74) is 2.41. The van der Waals surface area contributed by atoms with Crippen LogP contribution in [0.2, 0.25) is 0 Å². The predicted octanol–water partition coefficient (Wildman–Crippen LogP) is 3.33. The first-order valence-electron chi connectivity index (χ1n) is 5.44. The molecule has 0 aliphatic rings. The van der Waals surface area contributed by atoms with E-state index >= 15 is 0 Å². The molecule has 1 aromatic carbocycles. The van der Waals surface area contributed by atoms with Crippen molar-refractivity contribution in [1.29, 1.82) is 0 Å². The fraction of sp³-hybridized carbons (Fsp3) is 0.500. The van der Waals surface area contributed by atoms with Crippen LogP contribution in [0.15, 0.2) is 24.3 Å². The lowest BCUT2D eigenvalue weighted by Gasteiger charge is -2.07. The van der Waals surface area contributed by atoms with Crippen molar-refractivity contribution in [3.8, 4) is 0 Å². The number of anilines is 2. The Balaban J connectivity index is 2.42. The van der Waals surface area contributed by atoms with Crippen molar-refractivity contribution in [2.45, 2.75) is 26.7 Å². The number of benzene rings is 1. The summed E-state index contributed by atoms with van der Waals surface area (Å²) in [6.45, 7) is 6.43. The van der Waals surface area contributed by atoms with Gasteiger partial charge in [-0.05, 0) is 37.1 Å². The second kappa shape index (κ2) is 6.30. The van der Waals surface area contributed by atoms with Crippen LogP contribution in [0.4, 0.5) is 11.4 Å². The zero-order valence-electron chi connectivity index (χ0n) is 9.14. The Labute approximate surface area is 86.7 Å². The van der Waals surface area contributed by atoms with E-state index in [2.05, 4.69) is 48.7 Å². The van der Waals surface area contributed by atoms with Gasteiger partial charge in [0.05, 0.1) is 0 Å². The normalized spacial score (nSPS) is 9.86. The van der Waals surface area contributed by atoms with Gasteiger partial charge in [-0.15, -0.1) is 0 Å². The first kappa shape index (κ1) is 10.9. The van der Waals surface area contributed by atoms with E-state index in [1.807, 2.05) is 0 Å². The topological polar surface area (TPSA) is 24.1 Å². The van der Waals surface area contributed by atoms with Crippen LogP contribution in [-0.2, 0) is 0 Å². The van der Waals surface area contributed by atoms with Crippen molar-refractivity contribution < 1.29 is 0 Å². The third-order valence-corrected chi connectivity index (χ3v) is 2.04. The lowest BCUT2D eigenvalue weighted by molar-refractivity contribution is 0.976. The van der Waals surface area contributed by atoms with Gasteiger partial charge in [0.2, 0.25) is 0 Å². The molecule has 2 heteroatoms. The lowest BCUT2D eigenvalue weighted by Crippen LogP contribution is -2.01. The number of hydrogen-bond donors (Lipinski definition) is 2. The highest BCUT2D eigenvalue weighted by atomic mass is 14.9. The second-order valence-corrected chi connectivity index (χ2v) is 3.43. The summed E-state index contributed by atoms with van der Waals surface area (Å²) in [5, 5.41) is 6.70. The zero-order chi connectivity index (χ0) is 10.2. The minimum atomic E-state index is 1.04. The van der Waals surface area contributed by atoms with Crippen LogP contribution in [0.3, 0.4) is 0 Å². The first-order chi connectivity index (χ1) is 6.86. The second-order valence-electron chi connectivity index (χ2n) is 3.43. The highest BCUT2D eigenvalue weighted by molar-refractivity contribution is 5.53. The SMILES string of the molecule is CCCNc1ccc(NCCC)cc1. The molecule has 0 aliphatic heterocycles. The maximum Gasteiger partial charge on any atom is 0.0341 e. The quantitative estimate of drug-likeness (QED) is 0.722. The van der Waals surface area contributed by atoms with Crippen LogP contribution in [-0.4, -0.2) is 13.1 Å². The van der Waals surface area contributed by atoms with Crippen LogP contribution < -0.4 is 10.6 Å². The molecular formula is C12H20N2. The van der Waals surface area contributed by atoms with Crippen molar-refractivity contribution in [3.63, 3.8) is 0 Å². The fourth-order valence-electron chi connectivity index (χ4n) is 1.24. The molecule has 0 aliphatic carbocycles. The number of hydrogen-bond acceptors (Lipinski definition) is 2. The van der Waals surface area contributed by atoms with E-state index < -0.39 is 0 Å². The third kappa shape index (κ3) is 3.69. The molecule has 1 aromatic rings. The van der Waals surface area contributed by atoms with Gasteiger partial charge in [-0.3, -0.25) is 0 Å². The Hall–Kier alpha value is -1.18. The molecule has 2 nitrogen and oxygen atoms in total. The van der Waals surface area contributed by atoms with Crippen molar-refractivity contribution in [2.75, 3.05) is 23.7 Å². The van der Waals surface area contributed by atoms with Gasteiger partial charge in [-0.25, -0.2) is 0 Å². The molecule has 0 saturated heterocycles. The minimum Gasteiger partial charge on any atom is -0.385 e. The molecule has 2 N–H and O–H groups in total. The van der Waals surface area contributed by atoms with Crippen molar-refractivity contribution in [2.24, 2.45) is 0 Å². The van der Waals surface area contributed by atoms with E-state index in [9.17, 15) is 0 Å². The summed E-state index contributed by atoms with van der Waals surface area (Å²) < 4.78 is 0.